The van der Waals surface area contributed by atoms with E-state index in [4.69, 9.17) is 9.47 Å². The molecule has 0 bridgehead atoms. The first kappa shape index (κ1) is 23.1. The molecule has 1 atom stereocenters. The van der Waals surface area contributed by atoms with E-state index in [0.29, 0.717) is 34.9 Å². The summed E-state index contributed by atoms with van der Waals surface area (Å²) < 4.78 is 11.1. The molecule has 0 spiro atoms. The standard InChI is InChI=1S/C28H27NO5/c1-4-18-13-15-20(16-14-18)29-25(22-11-6-7-12-23(22)33-3)24(27(31)28(29)32)26(30)19-9-8-10-21(17-19)34-5-2/h6-17,25,30H,4-5H2,1-3H3/b26-24-. The minimum Gasteiger partial charge on any atom is -0.507 e. The van der Waals surface area contributed by atoms with Gasteiger partial charge >= 0.3 is 0 Å². The molecule has 0 radical (unpaired) electrons. The molecular weight excluding hydrogens is 430 g/mol. The van der Waals surface area contributed by atoms with Crippen molar-refractivity contribution < 1.29 is 24.2 Å². The SMILES string of the molecule is CCOc1cccc(/C(O)=C2/C(=O)C(=O)N(c3ccc(CC)cc3)C2c2ccccc2OC)c1. The lowest BCUT2D eigenvalue weighted by atomic mass is 9.94. The van der Waals surface area contributed by atoms with Gasteiger partial charge in [-0.25, -0.2) is 0 Å². The summed E-state index contributed by atoms with van der Waals surface area (Å²) in [5, 5.41) is 11.3. The Hall–Kier alpha value is -4.06. The normalized spacial score (nSPS) is 17.1. The molecule has 3 aromatic carbocycles. The van der Waals surface area contributed by atoms with Crippen LogP contribution in [0.25, 0.3) is 5.76 Å². The number of aliphatic hydroxyl groups excluding tert-OH is 1. The number of Topliss-reactive ketones (excluding diaryl/α,β-unsaturated/α-hetero) is 1. The van der Waals surface area contributed by atoms with Crippen molar-refractivity contribution in [3.63, 3.8) is 0 Å². The third-order valence-electron chi connectivity index (χ3n) is 5.92. The third-order valence-corrected chi connectivity index (χ3v) is 5.92. The summed E-state index contributed by atoms with van der Waals surface area (Å²) in [6, 6.07) is 20.7. The number of amides is 1. The van der Waals surface area contributed by atoms with Crippen LogP contribution in [0.4, 0.5) is 5.69 Å². The summed E-state index contributed by atoms with van der Waals surface area (Å²) in [6.07, 6.45) is 0.852. The summed E-state index contributed by atoms with van der Waals surface area (Å²) in [5.74, 6) is -0.649. The number of rotatable bonds is 7. The molecule has 4 rings (SSSR count). The van der Waals surface area contributed by atoms with Gasteiger partial charge < -0.3 is 14.6 Å². The third kappa shape index (κ3) is 4.15. The van der Waals surface area contributed by atoms with Gasteiger partial charge in [-0.05, 0) is 49.2 Å². The lowest BCUT2D eigenvalue weighted by Gasteiger charge is -2.26. The molecule has 0 aromatic heterocycles. The van der Waals surface area contributed by atoms with Crippen LogP contribution in [-0.2, 0) is 16.0 Å². The fraction of sp³-hybridized carbons (Fsp3) is 0.214. The highest BCUT2D eigenvalue weighted by atomic mass is 16.5. The van der Waals surface area contributed by atoms with Crippen LogP contribution < -0.4 is 14.4 Å². The van der Waals surface area contributed by atoms with Crippen molar-refractivity contribution in [2.24, 2.45) is 0 Å². The van der Waals surface area contributed by atoms with Crippen LogP contribution in [-0.4, -0.2) is 30.5 Å². The van der Waals surface area contributed by atoms with Gasteiger partial charge in [0.15, 0.2) is 0 Å². The summed E-state index contributed by atoms with van der Waals surface area (Å²) in [4.78, 5) is 28.1. The maximum Gasteiger partial charge on any atom is 0.300 e. The molecule has 1 aliphatic heterocycles. The van der Waals surface area contributed by atoms with Crippen molar-refractivity contribution in [2.75, 3.05) is 18.6 Å². The fourth-order valence-corrected chi connectivity index (χ4v) is 4.23. The summed E-state index contributed by atoms with van der Waals surface area (Å²) in [6.45, 7) is 4.37. The maximum atomic E-state index is 13.3. The number of carbonyl (C=O) groups excluding carboxylic acids is 2. The van der Waals surface area contributed by atoms with Crippen molar-refractivity contribution in [1.29, 1.82) is 0 Å². The quantitative estimate of drug-likeness (QED) is 0.297. The number of aryl methyl sites for hydroxylation is 1. The molecular formula is C28H27NO5. The van der Waals surface area contributed by atoms with Crippen LogP contribution >= 0.6 is 0 Å². The van der Waals surface area contributed by atoms with E-state index < -0.39 is 17.7 Å². The van der Waals surface area contributed by atoms with Gasteiger partial charge in [-0.15, -0.1) is 0 Å². The minimum absolute atomic E-state index is 0.00252. The minimum atomic E-state index is -0.862. The number of anilines is 1. The first-order chi connectivity index (χ1) is 16.5. The number of benzene rings is 3. The molecule has 1 heterocycles. The summed E-state index contributed by atoms with van der Waals surface area (Å²) >= 11 is 0. The molecule has 6 nitrogen and oxygen atoms in total. The van der Waals surface area contributed by atoms with Gasteiger partial charge in [0, 0.05) is 16.8 Å². The number of para-hydroxylation sites is 1. The summed E-state index contributed by atoms with van der Waals surface area (Å²) in [7, 11) is 1.53. The number of nitrogens with zero attached hydrogens (tertiary/aromatic N) is 1. The lowest BCUT2D eigenvalue weighted by Crippen LogP contribution is -2.29. The van der Waals surface area contributed by atoms with Gasteiger partial charge in [-0.3, -0.25) is 14.5 Å². The Labute approximate surface area is 199 Å². The molecule has 6 heteroatoms. The molecule has 34 heavy (non-hydrogen) atoms. The topological polar surface area (TPSA) is 76.1 Å². The smallest absolute Gasteiger partial charge is 0.300 e. The highest BCUT2D eigenvalue weighted by Crippen LogP contribution is 2.45. The van der Waals surface area contributed by atoms with Crippen molar-refractivity contribution in [3.8, 4) is 11.5 Å². The Morgan fingerprint density at radius 2 is 1.71 bits per heavy atom. The highest BCUT2D eigenvalue weighted by Gasteiger charge is 2.47. The number of ketones is 1. The van der Waals surface area contributed by atoms with Gasteiger partial charge in [0.2, 0.25) is 0 Å². The molecule has 1 aliphatic rings. The largest absolute Gasteiger partial charge is 0.507 e. The van der Waals surface area contributed by atoms with Gasteiger partial charge in [-0.2, -0.15) is 0 Å². The van der Waals surface area contributed by atoms with Gasteiger partial charge in [0.25, 0.3) is 11.7 Å². The Morgan fingerprint density at radius 1 is 0.971 bits per heavy atom. The molecule has 1 amide bonds. The number of aliphatic hydroxyl groups is 1. The van der Waals surface area contributed by atoms with E-state index in [9.17, 15) is 14.7 Å². The number of carbonyl (C=O) groups is 2. The zero-order chi connectivity index (χ0) is 24.2. The lowest BCUT2D eigenvalue weighted by molar-refractivity contribution is -0.132. The van der Waals surface area contributed by atoms with Crippen LogP contribution in [0.2, 0.25) is 0 Å². The zero-order valence-corrected chi connectivity index (χ0v) is 19.4. The van der Waals surface area contributed by atoms with Crippen LogP contribution in [0.1, 0.15) is 36.6 Å². The maximum absolute atomic E-state index is 13.3. The molecule has 3 aromatic rings. The van der Waals surface area contributed by atoms with Gasteiger partial charge in [0.1, 0.15) is 17.3 Å². The fourth-order valence-electron chi connectivity index (χ4n) is 4.23. The summed E-state index contributed by atoms with van der Waals surface area (Å²) in [5.41, 5.74) is 2.68. The van der Waals surface area contributed by atoms with E-state index in [1.165, 1.54) is 12.0 Å². The van der Waals surface area contributed by atoms with Crippen LogP contribution in [0, 0.1) is 0 Å². The van der Waals surface area contributed by atoms with Crippen LogP contribution in [0.3, 0.4) is 0 Å². The van der Waals surface area contributed by atoms with Gasteiger partial charge in [0.05, 0.1) is 25.3 Å². The van der Waals surface area contributed by atoms with Crippen molar-refractivity contribution in [2.45, 2.75) is 26.3 Å². The van der Waals surface area contributed by atoms with Crippen molar-refractivity contribution in [1.82, 2.24) is 0 Å². The Kier molecular flexibility index (Phi) is 6.68. The van der Waals surface area contributed by atoms with Crippen LogP contribution in [0.15, 0.2) is 78.4 Å². The van der Waals surface area contributed by atoms with E-state index in [0.717, 1.165) is 12.0 Å². The van der Waals surface area contributed by atoms with Crippen molar-refractivity contribution in [3.05, 3.63) is 95.1 Å². The van der Waals surface area contributed by atoms with E-state index in [-0.39, 0.29) is 11.3 Å². The van der Waals surface area contributed by atoms with E-state index >= 15 is 0 Å². The molecule has 1 saturated heterocycles. The monoisotopic (exact) mass is 457 g/mol. The second-order valence-corrected chi connectivity index (χ2v) is 7.89. The van der Waals surface area contributed by atoms with E-state index in [1.54, 1.807) is 36.4 Å². The zero-order valence-electron chi connectivity index (χ0n) is 19.4. The predicted molar refractivity (Wildman–Crippen MR) is 131 cm³/mol. The van der Waals surface area contributed by atoms with E-state index in [2.05, 4.69) is 0 Å². The Balaban J connectivity index is 1.94. The number of methoxy groups -OCH3 is 1. The second kappa shape index (κ2) is 9.83. The van der Waals surface area contributed by atoms with Crippen LogP contribution in [0.5, 0.6) is 11.5 Å². The Bertz CT molecular complexity index is 1250. The molecule has 174 valence electrons. The average molecular weight is 458 g/mol. The Morgan fingerprint density at radius 3 is 2.38 bits per heavy atom. The first-order valence-corrected chi connectivity index (χ1v) is 11.3. The molecule has 0 saturated carbocycles. The number of ether oxygens (including phenoxy) is 2. The number of hydrogen-bond acceptors (Lipinski definition) is 5. The highest BCUT2D eigenvalue weighted by molar-refractivity contribution is 6.51. The van der Waals surface area contributed by atoms with Gasteiger partial charge in [-0.1, -0.05) is 49.4 Å². The molecule has 1 unspecified atom stereocenters. The number of hydrogen-bond donors (Lipinski definition) is 1. The second-order valence-electron chi connectivity index (χ2n) is 7.89. The van der Waals surface area contributed by atoms with E-state index in [1.807, 2.05) is 50.2 Å². The molecule has 0 aliphatic carbocycles. The molecule has 1 N–H and O–H groups in total. The first-order valence-electron chi connectivity index (χ1n) is 11.3. The predicted octanol–water partition coefficient (Wildman–Crippen LogP) is 5.28. The molecule has 1 fully saturated rings. The average Bonchev–Trinajstić information content (AvgIpc) is 3.14. The van der Waals surface area contributed by atoms with Crippen molar-refractivity contribution >= 4 is 23.1 Å².